The van der Waals surface area contributed by atoms with Crippen molar-refractivity contribution in [2.24, 2.45) is 0 Å². The number of hydrogen-bond donors (Lipinski definition) is 2. The number of carbonyl (C=O) groups is 1. The third-order valence-electron chi connectivity index (χ3n) is 3.40. The van der Waals surface area contributed by atoms with Gasteiger partial charge in [-0.05, 0) is 27.5 Å². The van der Waals surface area contributed by atoms with Crippen LogP contribution in [0.3, 0.4) is 0 Å². The molecule has 0 saturated heterocycles. The van der Waals surface area contributed by atoms with Gasteiger partial charge in [0, 0.05) is 6.42 Å². The Kier molecular flexibility index (Phi) is 5.38. The van der Waals surface area contributed by atoms with Gasteiger partial charge in [-0.2, -0.15) is 0 Å². The van der Waals surface area contributed by atoms with Crippen molar-refractivity contribution in [1.29, 1.82) is 0 Å². The summed E-state index contributed by atoms with van der Waals surface area (Å²) >= 11 is 0. The lowest BCUT2D eigenvalue weighted by Gasteiger charge is -2.11. The molecule has 3 aromatic rings. The molecule has 0 atom stereocenters. The second-order valence-corrected chi connectivity index (χ2v) is 4.84. The average molecular weight is 304 g/mol. The summed E-state index contributed by atoms with van der Waals surface area (Å²) in [7, 11) is 0. The van der Waals surface area contributed by atoms with Crippen molar-refractivity contribution < 1.29 is 15.0 Å². The zero-order valence-electron chi connectivity index (χ0n) is 12.4. The third kappa shape index (κ3) is 4.12. The van der Waals surface area contributed by atoms with Crippen LogP contribution in [0.25, 0.3) is 21.9 Å². The largest absolute Gasteiger partial charge is 0.503 e. The molecule has 2 N–H and O–H groups in total. The Bertz CT molecular complexity index is 842. The highest BCUT2D eigenvalue weighted by molar-refractivity contribution is 5.92. The van der Waals surface area contributed by atoms with Crippen LogP contribution in [0.1, 0.15) is 5.56 Å². The zero-order chi connectivity index (χ0) is 16.7. The van der Waals surface area contributed by atoms with Crippen molar-refractivity contribution in [3.8, 4) is 23.5 Å². The minimum absolute atomic E-state index is 0.658. The van der Waals surface area contributed by atoms with Gasteiger partial charge in [0.1, 0.15) is 0 Å². The summed E-state index contributed by atoms with van der Waals surface area (Å²) in [6.07, 6.45) is 4.37. The lowest BCUT2D eigenvalue weighted by Crippen LogP contribution is -1.91. The number of benzene rings is 3. The predicted octanol–water partition coefficient (Wildman–Crippen LogP) is 4.90. The van der Waals surface area contributed by atoms with Crippen LogP contribution in [0.4, 0.5) is 4.79 Å². The van der Waals surface area contributed by atoms with Gasteiger partial charge in [0.25, 0.3) is 0 Å². The molecule has 3 aromatic carbocycles. The summed E-state index contributed by atoms with van der Waals surface area (Å²) in [6, 6.07) is 23.1. The number of fused-ring (bicyclic) bond motifs is 1. The molecule has 23 heavy (non-hydrogen) atoms. The molecule has 0 radical (unpaired) electrons. The van der Waals surface area contributed by atoms with E-state index in [0.717, 1.165) is 0 Å². The molecule has 0 aliphatic heterocycles. The van der Waals surface area contributed by atoms with Crippen LogP contribution in [-0.2, 0) is 6.42 Å². The molecule has 0 aromatic heterocycles. The van der Waals surface area contributed by atoms with E-state index in [1.807, 2.05) is 6.07 Å². The van der Waals surface area contributed by atoms with E-state index >= 15 is 0 Å². The van der Waals surface area contributed by atoms with Crippen LogP contribution in [-0.4, -0.2) is 16.4 Å². The van der Waals surface area contributed by atoms with Crippen molar-refractivity contribution in [1.82, 2.24) is 0 Å². The highest BCUT2D eigenvalue weighted by Gasteiger charge is 2.08. The number of carboxylic acid groups (broad SMARTS) is 2. The van der Waals surface area contributed by atoms with E-state index in [2.05, 4.69) is 66.6 Å². The van der Waals surface area contributed by atoms with E-state index in [9.17, 15) is 0 Å². The van der Waals surface area contributed by atoms with Crippen LogP contribution in [0.15, 0.2) is 66.7 Å². The highest BCUT2D eigenvalue weighted by Crippen LogP contribution is 2.30. The molecule has 0 amide bonds. The van der Waals surface area contributed by atoms with Crippen LogP contribution >= 0.6 is 0 Å². The molecule has 3 nitrogen and oxygen atoms in total. The molecule has 0 aliphatic carbocycles. The summed E-state index contributed by atoms with van der Waals surface area (Å²) in [6.45, 7) is 0. The van der Waals surface area contributed by atoms with Gasteiger partial charge in [-0.1, -0.05) is 66.7 Å². The molecule has 0 spiro atoms. The first-order valence-electron chi connectivity index (χ1n) is 7.05. The summed E-state index contributed by atoms with van der Waals surface area (Å²) in [5.74, 6) is 2.79. The molecular formula is C20H16O3. The maximum absolute atomic E-state index is 8.56. The van der Waals surface area contributed by atoms with E-state index in [1.165, 1.54) is 27.5 Å². The monoisotopic (exact) mass is 304 g/mol. The van der Waals surface area contributed by atoms with Crippen LogP contribution in [0, 0.1) is 12.3 Å². The van der Waals surface area contributed by atoms with Gasteiger partial charge in [-0.3, -0.25) is 0 Å². The first kappa shape index (κ1) is 16.1. The molecular weight excluding hydrogens is 288 g/mol. The fourth-order valence-electron chi connectivity index (χ4n) is 2.52. The second kappa shape index (κ2) is 7.67. The number of rotatable bonds is 2. The highest BCUT2D eigenvalue weighted by atomic mass is 16.6. The molecule has 3 rings (SSSR count). The van der Waals surface area contributed by atoms with Gasteiger partial charge >= 0.3 is 6.16 Å². The van der Waals surface area contributed by atoms with E-state index in [1.54, 1.807) is 0 Å². The quantitative estimate of drug-likeness (QED) is 0.662. The maximum atomic E-state index is 8.56. The lowest BCUT2D eigenvalue weighted by atomic mass is 9.92. The van der Waals surface area contributed by atoms with E-state index in [0.29, 0.717) is 6.42 Å². The fraction of sp³-hybridized carbons (Fsp3) is 0.0500. The minimum Gasteiger partial charge on any atom is -0.450 e. The molecule has 3 heteroatoms. The Hall–Kier alpha value is -3.25. The fourth-order valence-corrected chi connectivity index (χ4v) is 2.52. The number of hydrogen-bond acceptors (Lipinski definition) is 1. The summed E-state index contributed by atoms with van der Waals surface area (Å²) < 4.78 is 0. The van der Waals surface area contributed by atoms with E-state index in [4.69, 9.17) is 21.4 Å². The Morgan fingerprint density at radius 3 is 2.17 bits per heavy atom. The van der Waals surface area contributed by atoms with Gasteiger partial charge in [-0.15, -0.1) is 12.3 Å². The Balaban J connectivity index is 0.000000433. The normalized spacial score (nSPS) is 9.52. The third-order valence-corrected chi connectivity index (χ3v) is 3.40. The summed E-state index contributed by atoms with van der Waals surface area (Å²) in [5, 5.41) is 16.4. The van der Waals surface area contributed by atoms with Crippen LogP contribution in [0.2, 0.25) is 0 Å². The average Bonchev–Trinajstić information content (AvgIpc) is 2.56. The molecule has 114 valence electrons. The first-order valence-corrected chi connectivity index (χ1v) is 7.05. The van der Waals surface area contributed by atoms with Crippen molar-refractivity contribution in [3.63, 3.8) is 0 Å². The van der Waals surface area contributed by atoms with Crippen molar-refractivity contribution in [2.45, 2.75) is 6.42 Å². The number of terminal acetylenes is 1. The van der Waals surface area contributed by atoms with Crippen LogP contribution < -0.4 is 0 Å². The molecule has 0 saturated carbocycles. The van der Waals surface area contributed by atoms with E-state index in [-0.39, 0.29) is 0 Å². The lowest BCUT2D eigenvalue weighted by molar-refractivity contribution is 0.137. The summed E-state index contributed by atoms with van der Waals surface area (Å²) in [5.41, 5.74) is 3.70. The molecule has 0 bridgehead atoms. The van der Waals surface area contributed by atoms with E-state index < -0.39 is 6.16 Å². The van der Waals surface area contributed by atoms with Gasteiger partial charge in [0.15, 0.2) is 0 Å². The maximum Gasteiger partial charge on any atom is 0.503 e. The second-order valence-electron chi connectivity index (χ2n) is 4.84. The first-order chi connectivity index (χ1) is 11.1. The van der Waals surface area contributed by atoms with Crippen LogP contribution in [0.5, 0.6) is 0 Å². The van der Waals surface area contributed by atoms with Crippen molar-refractivity contribution in [3.05, 3.63) is 72.3 Å². The van der Waals surface area contributed by atoms with Crippen molar-refractivity contribution in [2.75, 3.05) is 0 Å². The predicted molar refractivity (Wildman–Crippen MR) is 92.6 cm³/mol. The Morgan fingerprint density at radius 2 is 1.52 bits per heavy atom. The van der Waals surface area contributed by atoms with Gasteiger partial charge in [0.05, 0.1) is 0 Å². The SMILES string of the molecule is C#CCc1c(-c2ccccc2)ccc2ccccc12.O=C(O)O. The summed E-state index contributed by atoms with van der Waals surface area (Å²) in [4.78, 5) is 8.56. The minimum atomic E-state index is -1.83. The smallest absolute Gasteiger partial charge is 0.450 e. The Morgan fingerprint density at radius 1 is 0.913 bits per heavy atom. The zero-order valence-corrected chi connectivity index (χ0v) is 12.4. The topological polar surface area (TPSA) is 57.5 Å². The molecule has 0 unspecified atom stereocenters. The molecule has 0 aliphatic rings. The molecule has 0 fully saturated rings. The van der Waals surface area contributed by atoms with Gasteiger partial charge in [0.2, 0.25) is 0 Å². The van der Waals surface area contributed by atoms with Gasteiger partial charge < -0.3 is 10.2 Å². The standard InChI is InChI=1S/C19H14.CH2O3/c1-2-8-19-17-12-7-6-11-16(17)13-14-18(19)15-9-4-3-5-10-15;2-1(3)4/h1,3-7,9-14H,8H2;(H2,2,3,4). The molecule has 0 heterocycles. The Labute approximate surface area is 134 Å². The van der Waals surface area contributed by atoms with Crippen molar-refractivity contribution >= 4 is 16.9 Å². The van der Waals surface area contributed by atoms with Gasteiger partial charge in [-0.25, -0.2) is 4.79 Å².